The van der Waals surface area contributed by atoms with Crippen molar-refractivity contribution in [3.05, 3.63) is 0 Å². The Morgan fingerprint density at radius 2 is 2.08 bits per heavy atom. The first-order valence-corrected chi connectivity index (χ1v) is 7.14. The van der Waals surface area contributed by atoms with Crippen molar-refractivity contribution < 1.29 is 19.4 Å². The number of rotatable bonds is 7. The summed E-state index contributed by atoms with van der Waals surface area (Å²) < 4.78 is 10.0. The van der Waals surface area contributed by atoms with E-state index in [0.717, 1.165) is 12.5 Å². The number of carboxylic acid groups (broad SMARTS) is 1. The molecule has 0 atom stereocenters. The van der Waals surface area contributed by atoms with Crippen LogP contribution >= 0.6 is 7.26 Å². The van der Waals surface area contributed by atoms with Crippen LogP contribution < -0.4 is 0 Å². The first kappa shape index (κ1) is 12.8. The Hall–Kier alpha value is -0.180. The highest BCUT2D eigenvalue weighted by Gasteiger charge is 2.24. The molecule has 0 aliphatic heterocycles. The minimum absolute atomic E-state index is 0.201. The second kappa shape index (κ2) is 6.30. The van der Waals surface area contributed by atoms with Gasteiger partial charge < -0.3 is 14.6 Å². The van der Waals surface area contributed by atoms with E-state index in [9.17, 15) is 4.79 Å². The van der Waals surface area contributed by atoms with E-state index in [4.69, 9.17) is 14.6 Å². The molecule has 0 saturated heterocycles. The zero-order valence-corrected chi connectivity index (χ0v) is 9.34. The molecule has 0 heterocycles. The van der Waals surface area contributed by atoms with Crippen LogP contribution in [-0.2, 0) is 14.3 Å². The number of hydrogen-bond donors (Lipinski definition) is 1. The highest BCUT2D eigenvalue weighted by Crippen LogP contribution is 2.50. The molecule has 0 radical (unpaired) electrons. The Balaban J connectivity index is 3.45. The van der Waals surface area contributed by atoms with Crippen molar-refractivity contribution in [1.82, 2.24) is 0 Å². The number of hydrogen-bond acceptors (Lipinski definition) is 3. The summed E-state index contributed by atoms with van der Waals surface area (Å²) in [7, 11) is 0.638. The number of methoxy groups -OCH3 is 1. The normalized spacial score (nSPS) is 11.6. The third kappa shape index (κ3) is 8.16. The van der Waals surface area contributed by atoms with Gasteiger partial charge in [-0.1, -0.05) is 0 Å². The summed E-state index contributed by atoms with van der Waals surface area (Å²) in [4.78, 5) is 10.1. The molecule has 0 spiro atoms. The van der Waals surface area contributed by atoms with Crippen LogP contribution in [0.2, 0.25) is 0 Å². The summed E-state index contributed by atoms with van der Waals surface area (Å²) in [5, 5.41) is 8.31. The molecule has 78 valence electrons. The number of ether oxygens (including phenoxy) is 2. The fourth-order valence-electron chi connectivity index (χ4n) is 0.885. The largest absolute Gasteiger partial charge is 0.480 e. The van der Waals surface area contributed by atoms with Crippen molar-refractivity contribution in [2.75, 3.05) is 46.2 Å². The summed E-state index contributed by atoms with van der Waals surface area (Å²) in [6, 6.07) is 0. The van der Waals surface area contributed by atoms with Crippen molar-refractivity contribution in [2.24, 2.45) is 0 Å². The smallest absolute Gasteiger partial charge is 0.329 e. The maximum Gasteiger partial charge on any atom is 0.329 e. The van der Waals surface area contributed by atoms with Crippen LogP contribution in [0, 0.1) is 0 Å². The van der Waals surface area contributed by atoms with Gasteiger partial charge in [0.05, 0.1) is 26.1 Å². The van der Waals surface area contributed by atoms with Gasteiger partial charge in [0.1, 0.15) is 6.61 Å². The standard InChI is InChI=1S/C8H17O4P/c1-11-7-13(2,3)5-4-12-6-8(9)10/h4-7H2,1-3H3/p+1. The maximum atomic E-state index is 10.1. The van der Waals surface area contributed by atoms with Gasteiger partial charge in [-0.15, -0.1) is 0 Å². The average Bonchev–Trinajstić information content (AvgIpc) is 1.98. The minimum atomic E-state index is -1.04. The summed E-state index contributed by atoms with van der Waals surface area (Å²) in [5.41, 5.74) is 0. The molecule has 0 fully saturated rings. The van der Waals surface area contributed by atoms with Gasteiger partial charge in [-0.3, -0.25) is 0 Å². The molecule has 0 aromatic rings. The molecular weight excluding hydrogens is 191 g/mol. The topological polar surface area (TPSA) is 55.8 Å². The van der Waals surface area contributed by atoms with Crippen molar-refractivity contribution in [2.45, 2.75) is 0 Å². The lowest BCUT2D eigenvalue weighted by Gasteiger charge is -2.16. The Labute approximate surface area is 79.6 Å². The van der Waals surface area contributed by atoms with E-state index < -0.39 is 13.2 Å². The van der Waals surface area contributed by atoms with Gasteiger partial charge >= 0.3 is 5.97 Å². The second-order valence-corrected chi connectivity index (χ2v) is 8.10. The SMILES string of the molecule is COC[P+](C)(C)CCOCC(=O)O. The zero-order chi connectivity index (χ0) is 10.3. The van der Waals surface area contributed by atoms with E-state index in [1.54, 1.807) is 7.11 Å². The van der Waals surface area contributed by atoms with E-state index in [0.29, 0.717) is 6.61 Å². The summed E-state index contributed by atoms with van der Waals surface area (Å²) in [6.07, 6.45) is 1.68. The second-order valence-electron chi connectivity index (χ2n) is 3.52. The third-order valence-electron chi connectivity index (χ3n) is 1.55. The van der Waals surface area contributed by atoms with E-state index in [1.165, 1.54) is 0 Å². The van der Waals surface area contributed by atoms with Gasteiger partial charge in [-0.2, -0.15) is 0 Å². The molecule has 4 nitrogen and oxygen atoms in total. The minimum Gasteiger partial charge on any atom is -0.480 e. The predicted molar refractivity (Wildman–Crippen MR) is 54.0 cm³/mol. The third-order valence-corrected chi connectivity index (χ3v) is 3.90. The Bertz CT molecular complexity index is 158. The molecule has 5 heteroatoms. The fraction of sp³-hybridized carbons (Fsp3) is 0.875. The zero-order valence-electron chi connectivity index (χ0n) is 8.45. The fourth-order valence-corrected chi connectivity index (χ4v) is 2.34. The summed E-state index contributed by atoms with van der Waals surface area (Å²) >= 11 is 0. The van der Waals surface area contributed by atoms with Crippen molar-refractivity contribution in [1.29, 1.82) is 0 Å². The molecule has 0 rings (SSSR count). The van der Waals surface area contributed by atoms with Crippen LogP contribution in [-0.4, -0.2) is 57.2 Å². The molecule has 0 aliphatic rings. The van der Waals surface area contributed by atoms with Gasteiger partial charge in [0.25, 0.3) is 0 Å². The number of carboxylic acids is 1. The van der Waals surface area contributed by atoms with Gasteiger partial charge in [-0.05, 0) is 0 Å². The van der Waals surface area contributed by atoms with Crippen LogP contribution in [0.15, 0.2) is 0 Å². The molecule has 0 aliphatic carbocycles. The highest BCUT2D eigenvalue weighted by molar-refractivity contribution is 7.74. The van der Waals surface area contributed by atoms with Crippen molar-refractivity contribution >= 4 is 13.2 Å². The maximum absolute atomic E-state index is 10.1. The summed E-state index contributed by atoms with van der Waals surface area (Å²) in [5.74, 6) is -0.914. The lowest BCUT2D eigenvalue weighted by Crippen LogP contribution is -2.12. The van der Waals surface area contributed by atoms with Crippen molar-refractivity contribution in [3.8, 4) is 0 Å². The molecule has 0 saturated carbocycles. The highest BCUT2D eigenvalue weighted by atomic mass is 31.2. The Morgan fingerprint density at radius 3 is 2.54 bits per heavy atom. The van der Waals surface area contributed by atoms with Gasteiger partial charge in [0.15, 0.2) is 6.35 Å². The first-order chi connectivity index (χ1) is 5.98. The quantitative estimate of drug-likeness (QED) is 0.501. The average molecular weight is 209 g/mol. The molecule has 0 amide bonds. The van der Waals surface area contributed by atoms with Gasteiger partial charge in [0.2, 0.25) is 0 Å². The molecule has 0 bridgehead atoms. The lowest BCUT2D eigenvalue weighted by molar-refractivity contribution is -0.142. The van der Waals surface area contributed by atoms with E-state index in [1.807, 2.05) is 0 Å². The van der Waals surface area contributed by atoms with Crippen LogP contribution in [0.4, 0.5) is 0 Å². The van der Waals surface area contributed by atoms with Crippen molar-refractivity contribution in [3.63, 3.8) is 0 Å². The monoisotopic (exact) mass is 209 g/mol. The molecule has 13 heavy (non-hydrogen) atoms. The van der Waals surface area contributed by atoms with Crippen LogP contribution in [0.25, 0.3) is 0 Å². The van der Waals surface area contributed by atoms with E-state index in [-0.39, 0.29) is 6.61 Å². The Kier molecular flexibility index (Phi) is 6.21. The summed E-state index contributed by atoms with van der Waals surface area (Å²) in [6.45, 7) is 4.64. The molecular formula is C8H18O4P+. The van der Waals surface area contributed by atoms with E-state index >= 15 is 0 Å². The van der Waals surface area contributed by atoms with Gasteiger partial charge in [-0.25, -0.2) is 4.79 Å². The van der Waals surface area contributed by atoms with Crippen LogP contribution in [0.3, 0.4) is 0 Å². The molecule has 1 N–H and O–H groups in total. The van der Waals surface area contributed by atoms with Crippen LogP contribution in [0.1, 0.15) is 0 Å². The number of carbonyl (C=O) groups is 1. The van der Waals surface area contributed by atoms with E-state index in [2.05, 4.69) is 13.3 Å². The molecule has 0 aromatic heterocycles. The Morgan fingerprint density at radius 1 is 1.46 bits per heavy atom. The first-order valence-electron chi connectivity index (χ1n) is 4.08. The lowest BCUT2D eigenvalue weighted by atomic mass is 10.7. The molecule has 0 unspecified atom stereocenters. The van der Waals surface area contributed by atoms with Crippen LogP contribution in [0.5, 0.6) is 0 Å². The number of aliphatic carboxylic acids is 1. The van der Waals surface area contributed by atoms with Gasteiger partial charge in [0, 0.05) is 14.4 Å². The predicted octanol–water partition coefficient (Wildman–Crippen LogP) is 0.969. The molecule has 0 aromatic carbocycles.